The molecule has 1 N–H and O–H groups in total. The largest absolute Gasteiger partial charge is 0.496 e. The minimum absolute atomic E-state index is 0.0331. The summed E-state index contributed by atoms with van der Waals surface area (Å²) in [6.45, 7) is 3.86. The van der Waals surface area contributed by atoms with Crippen LogP contribution in [-0.2, 0) is 0 Å². The van der Waals surface area contributed by atoms with Gasteiger partial charge in [-0.2, -0.15) is 0 Å². The summed E-state index contributed by atoms with van der Waals surface area (Å²) in [4.78, 5) is 25.0. The number of carbonyl (C=O) groups is 1. The molecule has 0 bridgehead atoms. The lowest BCUT2D eigenvalue weighted by molar-refractivity contribution is -0.384. The number of benzene rings is 2. The summed E-state index contributed by atoms with van der Waals surface area (Å²) in [5, 5.41) is 14.7. The number of hydrogen-bond donors (Lipinski definition) is 1. The van der Waals surface area contributed by atoms with Crippen molar-refractivity contribution in [3.05, 3.63) is 63.7 Å². The Balaban J connectivity index is 1.88. The van der Waals surface area contributed by atoms with E-state index >= 15 is 0 Å². The number of nitro benzene ring substituents is 1. The van der Waals surface area contributed by atoms with E-state index in [2.05, 4.69) is 10.2 Å². The normalized spacial score (nSPS) is 15.2. The van der Waals surface area contributed by atoms with Gasteiger partial charge in [0.25, 0.3) is 5.69 Å². The maximum absolute atomic E-state index is 11.6. The van der Waals surface area contributed by atoms with Gasteiger partial charge in [0, 0.05) is 23.7 Å². The number of likely N-dealkylation sites (tertiary alicyclic amines) is 1. The van der Waals surface area contributed by atoms with Gasteiger partial charge in [-0.25, -0.2) is 0 Å². The molecule has 1 fully saturated rings. The molecule has 1 heterocycles. The number of methoxy groups -OCH3 is 1. The first-order valence-electron chi connectivity index (χ1n) is 9.41. The summed E-state index contributed by atoms with van der Waals surface area (Å²) in [5.74, 6) is 0.612. The number of nitrogens with one attached hydrogen (secondary N) is 1. The lowest BCUT2D eigenvalue weighted by Crippen LogP contribution is -2.31. The van der Waals surface area contributed by atoms with Gasteiger partial charge in [-0.3, -0.25) is 19.8 Å². The van der Waals surface area contributed by atoms with Crippen LogP contribution in [0.1, 0.15) is 41.7 Å². The van der Waals surface area contributed by atoms with E-state index in [1.54, 1.807) is 19.2 Å². The third-order valence-corrected chi connectivity index (χ3v) is 5.17. The van der Waals surface area contributed by atoms with Crippen LogP contribution in [-0.4, -0.2) is 42.4 Å². The second kappa shape index (κ2) is 8.84. The molecule has 3 rings (SSSR count). The van der Waals surface area contributed by atoms with Gasteiger partial charge in [0.1, 0.15) is 11.4 Å². The average Bonchev–Trinajstić information content (AvgIpc) is 3.22. The number of para-hydroxylation sites is 1. The van der Waals surface area contributed by atoms with E-state index in [-0.39, 0.29) is 17.5 Å². The minimum Gasteiger partial charge on any atom is -0.496 e. The molecule has 2 aromatic rings. The van der Waals surface area contributed by atoms with Crippen molar-refractivity contribution < 1.29 is 14.5 Å². The highest BCUT2D eigenvalue weighted by Gasteiger charge is 2.26. The first-order valence-corrected chi connectivity index (χ1v) is 9.41. The quantitative estimate of drug-likeness (QED) is 0.420. The molecule has 1 unspecified atom stereocenters. The van der Waals surface area contributed by atoms with Crippen LogP contribution in [0.5, 0.6) is 5.75 Å². The van der Waals surface area contributed by atoms with Crippen LogP contribution in [0.15, 0.2) is 42.5 Å². The summed E-state index contributed by atoms with van der Waals surface area (Å²) < 4.78 is 5.54. The zero-order valence-electron chi connectivity index (χ0n) is 16.2. The predicted molar refractivity (Wildman–Crippen MR) is 108 cm³/mol. The van der Waals surface area contributed by atoms with Crippen molar-refractivity contribution in [2.45, 2.75) is 25.8 Å². The summed E-state index contributed by atoms with van der Waals surface area (Å²) >= 11 is 0. The molecule has 2 aromatic carbocycles. The highest BCUT2D eigenvalue weighted by molar-refractivity contribution is 5.95. The Morgan fingerprint density at radius 1 is 1.25 bits per heavy atom. The number of ketones is 1. The standard InChI is InChI=1S/C21H25N3O4/c1-15(25)16-9-10-18(19(13-16)24(26)27)22-14-20(23-11-5-6-12-23)17-7-3-4-8-21(17)28-2/h3-4,7-10,13,20,22H,5-6,11-12,14H2,1-2H3. The number of carbonyl (C=O) groups excluding carboxylic acids is 1. The molecule has 0 spiro atoms. The lowest BCUT2D eigenvalue weighted by Gasteiger charge is -2.29. The Hall–Kier alpha value is -2.93. The van der Waals surface area contributed by atoms with Crippen LogP contribution in [0.3, 0.4) is 0 Å². The van der Waals surface area contributed by atoms with Gasteiger partial charge < -0.3 is 10.1 Å². The van der Waals surface area contributed by atoms with Crippen LogP contribution in [0, 0.1) is 10.1 Å². The minimum atomic E-state index is -0.456. The smallest absolute Gasteiger partial charge is 0.293 e. The van der Waals surface area contributed by atoms with Crippen LogP contribution >= 0.6 is 0 Å². The Labute approximate surface area is 164 Å². The molecule has 0 saturated carbocycles. The number of nitrogens with zero attached hydrogens (tertiary/aromatic N) is 2. The first kappa shape index (κ1) is 19.8. The van der Waals surface area contributed by atoms with Crippen molar-refractivity contribution >= 4 is 17.2 Å². The van der Waals surface area contributed by atoms with Gasteiger partial charge in [0.15, 0.2) is 5.78 Å². The molecule has 7 nitrogen and oxygen atoms in total. The van der Waals surface area contributed by atoms with Crippen molar-refractivity contribution in [2.75, 3.05) is 32.1 Å². The number of rotatable bonds is 8. The van der Waals surface area contributed by atoms with E-state index in [1.807, 2.05) is 24.3 Å². The molecule has 1 aliphatic heterocycles. The van der Waals surface area contributed by atoms with Crippen LogP contribution in [0.4, 0.5) is 11.4 Å². The van der Waals surface area contributed by atoms with E-state index in [4.69, 9.17) is 4.74 Å². The van der Waals surface area contributed by atoms with Gasteiger partial charge >= 0.3 is 0 Å². The number of ether oxygens (including phenoxy) is 1. The van der Waals surface area contributed by atoms with E-state index in [0.29, 0.717) is 17.8 Å². The maximum atomic E-state index is 11.6. The molecule has 1 saturated heterocycles. The van der Waals surface area contributed by atoms with E-state index in [0.717, 1.165) is 37.2 Å². The number of Topliss-reactive ketones (excluding diaryl/α,β-unsaturated/α-hetero) is 1. The lowest BCUT2D eigenvalue weighted by atomic mass is 10.0. The molecular formula is C21H25N3O4. The molecule has 1 aliphatic rings. The van der Waals surface area contributed by atoms with E-state index in [1.165, 1.54) is 13.0 Å². The van der Waals surface area contributed by atoms with Crippen LogP contribution in [0.25, 0.3) is 0 Å². The molecular weight excluding hydrogens is 358 g/mol. The van der Waals surface area contributed by atoms with Crippen molar-refractivity contribution in [2.24, 2.45) is 0 Å². The zero-order chi connectivity index (χ0) is 20.1. The van der Waals surface area contributed by atoms with Gasteiger partial charge in [-0.05, 0) is 51.1 Å². The Kier molecular flexibility index (Phi) is 6.26. The molecule has 148 valence electrons. The fraction of sp³-hybridized carbons (Fsp3) is 0.381. The van der Waals surface area contributed by atoms with Crippen molar-refractivity contribution in [3.63, 3.8) is 0 Å². The average molecular weight is 383 g/mol. The van der Waals surface area contributed by atoms with Crippen molar-refractivity contribution in [1.29, 1.82) is 0 Å². The van der Waals surface area contributed by atoms with Gasteiger partial charge in [-0.15, -0.1) is 0 Å². The van der Waals surface area contributed by atoms with E-state index in [9.17, 15) is 14.9 Å². The monoisotopic (exact) mass is 383 g/mol. The first-order chi connectivity index (χ1) is 13.5. The summed E-state index contributed by atoms with van der Waals surface area (Å²) in [7, 11) is 1.65. The van der Waals surface area contributed by atoms with Gasteiger partial charge in [0.2, 0.25) is 0 Å². The number of anilines is 1. The fourth-order valence-electron chi connectivity index (χ4n) is 3.69. The summed E-state index contributed by atoms with van der Waals surface area (Å²) in [5.41, 5.74) is 1.71. The molecule has 0 amide bonds. The van der Waals surface area contributed by atoms with Crippen LogP contribution in [0.2, 0.25) is 0 Å². The second-order valence-corrected chi connectivity index (χ2v) is 6.93. The Bertz CT molecular complexity index is 862. The molecule has 0 aromatic heterocycles. The highest BCUT2D eigenvalue weighted by atomic mass is 16.6. The second-order valence-electron chi connectivity index (χ2n) is 6.93. The SMILES string of the molecule is COc1ccccc1C(CNc1ccc(C(C)=O)cc1[N+](=O)[O-])N1CCCC1. The van der Waals surface area contributed by atoms with Crippen molar-refractivity contribution in [3.8, 4) is 5.75 Å². The fourth-order valence-corrected chi connectivity index (χ4v) is 3.69. The number of nitro groups is 1. The maximum Gasteiger partial charge on any atom is 0.293 e. The third kappa shape index (κ3) is 4.31. The summed E-state index contributed by atoms with van der Waals surface area (Å²) in [6, 6.07) is 12.5. The van der Waals surface area contributed by atoms with Gasteiger partial charge in [0.05, 0.1) is 18.1 Å². The molecule has 28 heavy (non-hydrogen) atoms. The van der Waals surface area contributed by atoms with Crippen LogP contribution < -0.4 is 10.1 Å². The zero-order valence-corrected chi connectivity index (χ0v) is 16.2. The topological polar surface area (TPSA) is 84.7 Å². The predicted octanol–water partition coefficient (Wildman–Crippen LogP) is 4.06. The molecule has 0 radical (unpaired) electrons. The van der Waals surface area contributed by atoms with E-state index < -0.39 is 4.92 Å². The highest BCUT2D eigenvalue weighted by Crippen LogP contribution is 2.33. The third-order valence-electron chi connectivity index (χ3n) is 5.17. The van der Waals surface area contributed by atoms with Gasteiger partial charge in [-0.1, -0.05) is 18.2 Å². The van der Waals surface area contributed by atoms with Crippen molar-refractivity contribution in [1.82, 2.24) is 4.90 Å². The Morgan fingerprint density at radius 3 is 2.61 bits per heavy atom. The molecule has 1 atom stereocenters. The number of hydrogen-bond acceptors (Lipinski definition) is 6. The summed E-state index contributed by atoms with van der Waals surface area (Å²) in [6.07, 6.45) is 2.28. The molecule has 7 heteroatoms. The molecule has 0 aliphatic carbocycles. The Morgan fingerprint density at radius 2 is 1.96 bits per heavy atom.